The van der Waals surface area contributed by atoms with E-state index >= 15 is 0 Å². The minimum absolute atomic E-state index is 0.0292. The zero-order valence-electron chi connectivity index (χ0n) is 16.0. The largest absolute Gasteiger partial charge is 0.495 e. The molecule has 0 atom stereocenters. The lowest BCUT2D eigenvalue weighted by Crippen LogP contribution is -2.39. The van der Waals surface area contributed by atoms with Gasteiger partial charge in [-0.25, -0.2) is 8.42 Å². The quantitative estimate of drug-likeness (QED) is 0.583. The molecular formula is C21H21N3O4S. The van der Waals surface area contributed by atoms with Crippen LogP contribution in [0.3, 0.4) is 0 Å². The molecule has 3 rings (SSSR count). The van der Waals surface area contributed by atoms with Crippen molar-refractivity contribution in [1.29, 1.82) is 0 Å². The molecule has 8 heteroatoms. The number of nitrogens with one attached hydrogen (secondary N) is 2. The van der Waals surface area contributed by atoms with Crippen molar-refractivity contribution in [2.75, 3.05) is 23.9 Å². The molecule has 0 saturated carbocycles. The molecule has 0 bridgehead atoms. The Hall–Kier alpha value is -3.52. The first-order valence-electron chi connectivity index (χ1n) is 8.76. The minimum Gasteiger partial charge on any atom is -0.495 e. The van der Waals surface area contributed by atoms with Crippen molar-refractivity contribution in [2.24, 2.45) is 0 Å². The minimum atomic E-state index is -3.91. The van der Waals surface area contributed by atoms with Gasteiger partial charge in [0.1, 0.15) is 5.75 Å². The van der Waals surface area contributed by atoms with Crippen LogP contribution in [-0.2, 0) is 10.0 Å². The number of hydrogen-bond acceptors (Lipinski definition) is 5. The van der Waals surface area contributed by atoms with Crippen LogP contribution < -0.4 is 19.9 Å². The van der Waals surface area contributed by atoms with Crippen molar-refractivity contribution in [3.8, 4) is 5.75 Å². The number of carbonyl (C=O) groups excluding carboxylic acids is 1. The van der Waals surface area contributed by atoms with E-state index in [0.29, 0.717) is 11.4 Å². The SMILES string of the molecule is COc1ccccc1NS(=O)(=O)c1cccc(C(=O)NN(C)c2ccccc2)c1. The number of para-hydroxylation sites is 3. The number of carbonyl (C=O) groups is 1. The summed E-state index contributed by atoms with van der Waals surface area (Å²) >= 11 is 0. The highest BCUT2D eigenvalue weighted by Crippen LogP contribution is 2.26. The highest BCUT2D eigenvalue weighted by molar-refractivity contribution is 7.92. The van der Waals surface area contributed by atoms with Crippen molar-refractivity contribution in [3.05, 3.63) is 84.4 Å². The molecule has 2 N–H and O–H groups in total. The second kappa shape index (κ2) is 8.66. The average molecular weight is 411 g/mol. The molecule has 0 aliphatic carbocycles. The molecular weight excluding hydrogens is 390 g/mol. The fraction of sp³-hybridized carbons (Fsp3) is 0.0952. The summed E-state index contributed by atoms with van der Waals surface area (Å²) in [7, 11) is -0.741. The smallest absolute Gasteiger partial charge is 0.269 e. The number of amides is 1. The van der Waals surface area contributed by atoms with E-state index in [4.69, 9.17) is 4.74 Å². The Balaban J connectivity index is 1.80. The number of ether oxygens (including phenoxy) is 1. The zero-order valence-corrected chi connectivity index (χ0v) is 16.8. The first-order chi connectivity index (χ1) is 13.9. The maximum Gasteiger partial charge on any atom is 0.269 e. The van der Waals surface area contributed by atoms with Crippen LogP contribution in [0.15, 0.2) is 83.8 Å². The number of methoxy groups -OCH3 is 1. The van der Waals surface area contributed by atoms with Gasteiger partial charge in [-0.05, 0) is 42.5 Å². The second-order valence-corrected chi connectivity index (χ2v) is 7.85. The van der Waals surface area contributed by atoms with Gasteiger partial charge in [-0.3, -0.25) is 20.0 Å². The molecule has 0 unspecified atom stereocenters. The van der Waals surface area contributed by atoms with E-state index in [9.17, 15) is 13.2 Å². The van der Waals surface area contributed by atoms with Gasteiger partial charge in [0.05, 0.1) is 23.4 Å². The lowest BCUT2D eigenvalue weighted by Gasteiger charge is -2.20. The van der Waals surface area contributed by atoms with Crippen LogP contribution in [0, 0.1) is 0 Å². The summed E-state index contributed by atoms with van der Waals surface area (Å²) in [6.07, 6.45) is 0. The molecule has 0 spiro atoms. The molecule has 0 radical (unpaired) electrons. The standard InChI is InChI=1S/C21H21N3O4S/c1-24(17-10-4-3-5-11-17)22-21(25)16-9-8-12-18(15-16)29(26,27)23-19-13-6-7-14-20(19)28-2/h3-15,23H,1-2H3,(H,22,25). The number of rotatable bonds is 7. The Morgan fingerprint density at radius 1 is 0.931 bits per heavy atom. The van der Waals surface area contributed by atoms with Crippen LogP contribution in [0.1, 0.15) is 10.4 Å². The van der Waals surface area contributed by atoms with Crippen molar-refractivity contribution < 1.29 is 17.9 Å². The van der Waals surface area contributed by atoms with Gasteiger partial charge in [-0.2, -0.15) is 0 Å². The summed E-state index contributed by atoms with van der Waals surface area (Å²) in [6.45, 7) is 0. The molecule has 3 aromatic carbocycles. The molecule has 0 aliphatic rings. The molecule has 0 fully saturated rings. The van der Waals surface area contributed by atoms with Crippen LogP contribution >= 0.6 is 0 Å². The topological polar surface area (TPSA) is 87.7 Å². The lowest BCUT2D eigenvalue weighted by molar-refractivity contribution is 0.0951. The number of anilines is 2. The predicted molar refractivity (Wildman–Crippen MR) is 113 cm³/mol. The summed E-state index contributed by atoms with van der Waals surface area (Å²) in [5, 5.41) is 1.57. The van der Waals surface area contributed by atoms with E-state index in [2.05, 4.69) is 10.1 Å². The van der Waals surface area contributed by atoms with Gasteiger partial charge in [0.25, 0.3) is 15.9 Å². The highest BCUT2D eigenvalue weighted by Gasteiger charge is 2.18. The van der Waals surface area contributed by atoms with E-state index < -0.39 is 15.9 Å². The third-order valence-electron chi connectivity index (χ3n) is 4.17. The van der Waals surface area contributed by atoms with Crippen molar-refractivity contribution in [2.45, 2.75) is 4.90 Å². The summed E-state index contributed by atoms with van der Waals surface area (Å²) in [4.78, 5) is 12.5. The summed E-state index contributed by atoms with van der Waals surface area (Å²) in [5.74, 6) is -0.0276. The van der Waals surface area contributed by atoms with Crippen molar-refractivity contribution in [3.63, 3.8) is 0 Å². The lowest BCUT2D eigenvalue weighted by atomic mass is 10.2. The van der Waals surface area contributed by atoms with E-state index in [-0.39, 0.29) is 10.5 Å². The van der Waals surface area contributed by atoms with Crippen molar-refractivity contribution in [1.82, 2.24) is 5.43 Å². The first-order valence-corrected chi connectivity index (χ1v) is 10.2. The number of hydrogen-bond donors (Lipinski definition) is 2. The second-order valence-electron chi connectivity index (χ2n) is 6.17. The zero-order chi connectivity index (χ0) is 20.9. The molecule has 0 aromatic heterocycles. The average Bonchev–Trinajstić information content (AvgIpc) is 2.74. The molecule has 0 heterocycles. The third-order valence-corrected chi connectivity index (χ3v) is 5.53. The monoisotopic (exact) mass is 411 g/mol. The van der Waals surface area contributed by atoms with E-state index in [1.165, 1.54) is 25.3 Å². The van der Waals surface area contributed by atoms with Crippen LogP contribution in [0.4, 0.5) is 11.4 Å². The van der Waals surface area contributed by atoms with Gasteiger partial charge >= 0.3 is 0 Å². The number of hydrazine groups is 1. The molecule has 7 nitrogen and oxygen atoms in total. The number of sulfonamides is 1. The first kappa shape index (κ1) is 20.2. The normalized spacial score (nSPS) is 10.8. The predicted octanol–water partition coefficient (Wildman–Crippen LogP) is 3.28. The van der Waals surface area contributed by atoms with Gasteiger partial charge < -0.3 is 4.74 Å². The van der Waals surface area contributed by atoms with Gasteiger partial charge in [0.15, 0.2) is 0 Å². The van der Waals surface area contributed by atoms with Gasteiger partial charge in [-0.1, -0.05) is 36.4 Å². The maximum absolute atomic E-state index is 12.8. The van der Waals surface area contributed by atoms with Crippen LogP contribution in [-0.4, -0.2) is 28.5 Å². The van der Waals surface area contributed by atoms with E-state index in [1.54, 1.807) is 42.4 Å². The number of nitrogens with zero attached hydrogens (tertiary/aromatic N) is 1. The number of benzene rings is 3. The Morgan fingerprint density at radius 3 is 2.34 bits per heavy atom. The van der Waals surface area contributed by atoms with Crippen molar-refractivity contribution >= 4 is 27.3 Å². The van der Waals surface area contributed by atoms with E-state index in [1.807, 2.05) is 30.3 Å². The fourth-order valence-corrected chi connectivity index (χ4v) is 3.79. The fourth-order valence-electron chi connectivity index (χ4n) is 2.67. The molecule has 3 aromatic rings. The Labute approximate surface area is 170 Å². The molecule has 0 aliphatic heterocycles. The van der Waals surface area contributed by atoms with Gasteiger partial charge in [0.2, 0.25) is 0 Å². The third kappa shape index (κ3) is 4.85. The van der Waals surface area contributed by atoms with Crippen LogP contribution in [0.5, 0.6) is 5.75 Å². The van der Waals surface area contributed by atoms with E-state index in [0.717, 1.165) is 5.69 Å². The maximum atomic E-state index is 12.8. The molecule has 29 heavy (non-hydrogen) atoms. The molecule has 1 amide bonds. The molecule has 0 saturated heterocycles. The summed E-state index contributed by atoms with van der Waals surface area (Å²) < 4.78 is 33.2. The summed E-state index contributed by atoms with van der Waals surface area (Å²) in [5.41, 5.74) is 4.04. The van der Waals surface area contributed by atoms with Crippen LogP contribution in [0.2, 0.25) is 0 Å². The van der Waals surface area contributed by atoms with Crippen LogP contribution in [0.25, 0.3) is 0 Å². The Kier molecular flexibility index (Phi) is 6.04. The van der Waals surface area contributed by atoms with Gasteiger partial charge in [0, 0.05) is 12.6 Å². The Bertz CT molecular complexity index is 1100. The highest BCUT2D eigenvalue weighted by atomic mass is 32.2. The molecule has 150 valence electrons. The summed E-state index contributed by atoms with van der Waals surface area (Å²) in [6, 6.07) is 21.8. The van der Waals surface area contributed by atoms with Gasteiger partial charge in [-0.15, -0.1) is 0 Å². The Morgan fingerprint density at radius 2 is 1.62 bits per heavy atom.